The first-order valence-corrected chi connectivity index (χ1v) is 13.5. The van der Waals surface area contributed by atoms with E-state index in [2.05, 4.69) is 57.9 Å². The predicted octanol–water partition coefficient (Wildman–Crippen LogP) is 7.25. The highest BCUT2D eigenvalue weighted by atomic mass is 79.9. The maximum absolute atomic E-state index is 13.2. The van der Waals surface area contributed by atoms with Crippen LogP contribution >= 0.6 is 47.8 Å². The summed E-state index contributed by atoms with van der Waals surface area (Å²) in [6.07, 6.45) is 2.11. The summed E-state index contributed by atoms with van der Waals surface area (Å²) in [5.41, 5.74) is 1.85. The number of nitrogens with zero attached hydrogens (tertiary/aromatic N) is 3. The van der Waals surface area contributed by atoms with Gasteiger partial charge in [0.2, 0.25) is 0 Å². The number of aromatic nitrogens is 2. The summed E-state index contributed by atoms with van der Waals surface area (Å²) < 4.78 is 28.5. The molecule has 0 atom stereocenters. The molecule has 0 amide bonds. The van der Waals surface area contributed by atoms with Crippen LogP contribution in [0.2, 0.25) is 0 Å². The van der Waals surface area contributed by atoms with Crippen LogP contribution in [0.1, 0.15) is 30.8 Å². The lowest BCUT2D eigenvalue weighted by Crippen LogP contribution is -2.22. The van der Waals surface area contributed by atoms with E-state index in [4.69, 9.17) is 9.47 Å². The summed E-state index contributed by atoms with van der Waals surface area (Å²) in [6, 6.07) is 13.3. The fraction of sp³-hybridized carbons (Fsp3) is 0.192. The first-order valence-electron chi connectivity index (χ1n) is 11.1. The Hall–Kier alpha value is -2.56. The predicted molar refractivity (Wildman–Crippen MR) is 150 cm³/mol. The third-order valence-electron chi connectivity index (χ3n) is 5.26. The van der Waals surface area contributed by atoms with Crippen molar-refractivity contribution in [3.05, 3.63) is 95.1 Å². The zero-order valence-corrected chi connectivity index (χ0v) is 24.2. The molecular weight excluding hydrogens is 661 g/mol. The van der Waals surface area contributed by atoms with E-state index in [1.54, 1.807) is 36.5 Å². The van der Waals surface area contributed by atoms with Crippen LogP contribution in [0.15, 0.2) is 71.8 Å². The molecule has 3 aromatic carbocycles. The molecule has 0 spiro atoms. The van der Waals surface area contributed by atoms with Crippen molar-refractivity contribution in [2.75, 3.05) is 6.61 Å². The fourth-order valence-corrected chi connectivity index (χ4v) is 4.79. The van der Waals surface area contributed by atoms with Crippen molar-refractivity contribution in [1.82, 2.24) is 9.66 Å². The lowest BCUT2D eigenvalue weighted by Gasteiger charge is -2.16. The van der Waals surface area contributed by atoms with Gasteiger partial charge in [0, 0.05) is 20.9 Å². The highest BCUT2D eigenvalue weighted by Crippen LogP contribution is 2.43. The van der Waals surface area contributed by atoms with Crippen LogP contribution in [0.5, 0.6) is 11.5 Å². The number of fused-ring (bicyclic) bond motifs is 1. The largest absolute Gasteiger partial charge is 0.490 e. The standard InChI is InChI=1S/C26H21Br3FN3O3/c1-3-22-32-20-10-7-17(27)12-19(20)26(34)33(22)31-13-16-11-21(35-4-2)25(24(29)23(16)28)36-14-15-5-8-18(30)9-6-15/h5-13H,3-4,14H2,1-2H3. The number of hydrogen-bond acceptors (Lipinski definition) is 5. The second kappa shape index (κ2) is 11.7. The third-order valence-corrected chi connectivity index (χ3v) is 7.89. The molecular formula is C26H21Br3FN3O3. The summed E-state index contributed by atoms with van der Waals surface area (Å²) in [5, 5.41) is 4.95. The van der Waals surface area contributed by atoms with E-state index in [-0.39, 0.29) is 18.0 Å². The Morgan fingerprint density at radius 2 is 1.78 bits per heavy atom. The van der Waals surface area contributed by atoms with Gasteiger partial charge in [0.1, 0.15) is 18.2 Å². The Balaban J connectivity index is 1.72. The van der Waals surface area contributed by atoms with Crippen LogP contribution in [0.25, 0.3) is 10.9 Å². The summed E-state index contributed by atoms with van der Waals surface area (Å²) in [7, 11) is 0. The molecule has 36 heavy (non-hydrogen) atoms. The molecule has 0 fully saturated rings. The zero-order valence-electron chi connectivity index (χ0n) is 19.4. The molecule has 6 nitrogen and oxygen atoms in total. The number of benzene rings is 3. The van der Waals surface area contributed by atoms with Gasteiger partial charge in [0.05, 0.1) is 28.2 Å². The number of aryl methyl sites for hydroxylation is 1. The molecule has 0 saturated carbocycles. The van der Waals surface area contributed by atoms with Crippen molar-refractivity contribution in [3.63, 3.8) is 0 Å². The van der Waals surface area contributed by atoms with Crippen molar-refractivity contribution in [1.29, 1.82) is 0 Å². The van der Waals surface area contributed by atoms with Crippen molar-refractivity contribution >= 4 is 64.9 Å². The second-order valence-electron chi connectivity index (χ2n) is 7.67. The van der Waals surface area contributed by atoms with Crippen molar-refractivity contribution in [2.45, 2.75) is 26.9 Å². The summed E-state index contributed by atoms with van der Waals surface area (Å²) in [6.45, 7) is 4.44. The molecule has 4 aromatic rings. The van der Waals surface area contributed by atoms with Crippen molar-refractivity contribution < 1.29 is 13.9 Å². The van der Waals surface area contributed by atoms with Crippen LogP contribution < -0.4 is 15.0 Å². The molecule has 0 bridgehead atoms. The van der Waals surface area contributed by atoms with Crippen molar-refractivity contribution in [2.24, 2.45) is 5.10 Å². The van der Waals surface area contributed by atoms with Gasteiger partial charge in [-0.2, -0.15) is 9.78 Å². The average Bonchev–Trinajstić information content (AvgIpc) is 2.87. The van der Waals surface area contributed by atoms with E-state index in [1.165, 1.54) is 16.8 Å². The van der Waals surface area contributed by atoms with E-state index in [9.17, 15) is 9.18 Å². The SMILES string of the molecule is CCOc1cc(C=Nn2c(CC)nc3ccc(Br)cc3c2=O)c(Br)c(Br)c1OCc1ccc(F)cc1. The minimum absolute atomic E-state index is 0.229. The monoisotopic (exact) mass is 679 g/mol. The van der Waals surface area contributed by atoms with E-state index in [0.717, 1.165) is 10.0 Å². The van der Waals surface area contributed by atoms with Crippen LogP contribution in [-0.2, 0) is 13.0 Å². The first kappa shape index (κ1) is 26.5. The maximum Gasteiger partial charge on any atom is 0.282 e. The van der Waals surface area contributed by atoms with Crippen molar-refractivity contribution in [3.8, 4) is 11.5 Å². The van der Waals surface area contributed by atoms with Gasteiger partial charge in [-0.3, -0.25) is 4.79 Å². The Labute approximate surface area is 232 Å². The van der Waals surface area contributed by atoms with E-state index < -0.39 is 0 Å². The van der Waals surface area contributed by atoms with E-state index >= 15 is 0 Å². The highest BCUT2D eigenvalue weighted by Gasteiger charge is 2.18. The Bertz CT molecular complexity index is 1510. The average molecular weight is 682 g/mol. The topological polar surface area (TPSA) is 65.7 Å². The van der Waals surface area contributed by atoms with Gasteiger partial charge >= 0.3 is 0 Å². The first-order chi connectivity index (χ1) is 17.3. The van der Waals surface area contributed by atoms with Gasteiger partial charge in [-0.1, -0.05) is 35.0 Å². The van der Waals surface area contributed by atoms with Crippen LogP contribution in [0.3, 0.4) is 0 Å². The number of halogens is 4. The van der Waals surface area contributed by atoms with Gasteiger partial charge in [-0.05, 0) is 80.7 Å². The Morgan fingerprint density at radius 1 is 1.03 bits per heavy atom. The van der Waals surface area contributed by atoms with Gasteiger partial charge in [0.15, 0.2) is 11.5 Å². The molecule has 0 N–H and O–H groups in total. The van der Waals surface area contributed by atoms with Gasteiger partial charge < -0.3 is 9.47 Å². The van der Waals surface area contributed by atoms with Gasteiger partial charge in [-0.15, -0.1) is 0 Å². The molecule has 1 aromatic heterocycles. The maximum atomic E-state index is 13.2. The van der Waals surface area contributed by atoms with E-state index in [1.807, 2.05) is 19.9 Å². The normalized spacial score (nSPS) is 11.4. The van der Waals surface area contributed by atoms with Crippen LogP contribution in [0.4, 0.5) is 4.39 Å². The number of rotatable bonds is 8. The molecule has 0 saturated heterocycles. The summed E-state index contributed by atoms with van der Waals surface area (Å²) >= 11 is 10.6. The van der Waals surface area contributed by atoms with Gasteiger partial charge in [0.25, 0.3) is 5.56 Å². The fourth-order valence-electron chi connectivity index (χ4n) is 3.49. The number of ether oxygens (including phenoxy) is 2. The van der Waals surface area contributed by atoms with Crippen LogP contribution in [-0.4, -0.2) is 22.5 Å². The molecule has 0 radical (unpaired) electrons. The number of hydrogen-bond donors (Lipinski definition) is 0. The Kier molecular flexibility index (Phi) is 8.58. The summed E-state index contributed by atoms with van der Waals surface area (Å²) in [4.78, 5) is 17.8. The third kappa shape index (κ3) is 5.71. The molecule has 10 heteroatoms. The van der Waals surface area contributed by atoms with Crippen LogP contribution in [0, 0.1) is 5.82 Å². The molecule has 1 heterocycles. The lowest BCUT2D eigenvalue weighted by atomic mass is 10.2. The lowest BCUT2D eigenvalue weighted by molar-refractivity contribution is 0.267. The molecule has 0 aliphatic rings. The highest BCUT2D eigenvalue weighted by molar-refractivity contribution is 9.13. The minimum Gasteiger partial charge on any atom is -0.490 e. The molecule has 0 aliphatic heterocycles. The second-order valence-corrected chi connectivity index (χ2v) is 10.2. The molecule has 0 unspecified atom stereocenters. The van der Waals surface area contributed by atoms with Gasteiger partial charge in [-0.25, -0.2) is 9.37 Å². The quantitative estimate of drug-likeness (QED) is 0.184. The molecule has 4 rings (SSSR count). The molecule has 0 aliphatic carbocycles. The summed E-state index contributed by atoms with van der Waals surface area (Å²) in [5.74, 6) is 1.24. The minimum atomic E-state index is -0.305. The Morgan fingerprint density at radius 3 is 2.47 bits per heavy atom. The van der Waals surface area contributed by atoms with E-state index in [0.29, 0.717) is 55.8 Å². The zero-order chi connectivity index (χ0) is 25.8. The smallest absolute Gasteiger partial charge is 0.282 e. The molecule has 186 valence electrons.